The van der Waals surface area contributed by atoms with E-state index in [1.165, 1.54) is 6.92 Å². The van der Waals surface area contributed by atoms with E-state index in [1.807, 2.05) is 24.3 Å². The summed E-state index contributed by atoms with van der Waals surface area (Å²) >= 11 is 0. The molecule has 9 nitrogen and oxygen atoms in total. The molecule has 172 valence electrons. The van der Waals surface area contributed by atoms with Gasteiger partial charge in [0.05, 0.1) is 23.7 Å². The number of nitrogens with zero attached hydrogens (tertiary/aromatic N) is 1. The van der Waals surface area contributed by atoms with Crippen molar-refractivity contribution in [3.8, 4) is 17.1 Å². The first-order valence-electron chi connectivity index (χ1n) is 10.4. The Morgan fingerprint density at radius 2 is 1.59 bits per heavy atom. The van der Waals surface area contributed by atoms with Gasteiger partial charge in [0, 0.05) is 23.9 Å². The molecule has 4 aromatic rings. The second-order valence-corrected chi connectivity index (χ2v) is 7.43. The number of rotatable bonds is 7. The molecule has 0 aliphatic rings. The average Bonchev–Trinajstić information content (AvgIpc) is 3.27. The molecule has 4 rings (SSSR count). The van der Waals surface area contributed by atoms with E-state index in [9.17, 15) is 14.4 Å². The van der Waals surface area contributed by atoms with E-state index in [1.54, 1.807) is 49.6 Å². The highest BCUT2D eigenvalue weighted by molar-refractivity contribution is 5.97. The Kier molecular flexibility index (Phi) is 6.54. The van der Waals surface area contributed by atoms with Gasteiger partial charge in [0.2, 0.25) is 5.91 Å². The van der Waals surface area contributed by atoms with Crippen molar-refractivity contribution < 1.29 is 23.9 Å². The van der Waals surface area contributed by atoms with Crippen LogP contribution < -0.4 is 15.4 Å². The van der Waals surface area contributed by atoms with Crippen molar-refractivity contribution in [2.75, 3.05) is 24.4 Å². The number of aromatic nitrogens is 2. The van der Waals surface area contributed by atoms with E-state index in [0.29, 0.717) is 33.8 Å². The quantitative estimate of drug-likeness (QED) is 0.360. The molecule has 3 aromatic carbocycles. The predicted octanol–water partition coefficient (Wildman–Crippen LogP) is 3.99. The number of H-pyrrole nitrogens is 1. The van der Waals surface area contributed by atoms with Crippen LogP contribution in [-0.2, 0) is 14.3 Å². The van der Waals surface area contributed by atoms with E-state index in [0.717, 1.165) is 11.3 Å². The molecule has 0 fully saturated rings. The van der Waals surface area contributed by atoms with E-state index in [-0.39, 0.29) is 5.91 Å². The fourth-order valence-electron chi connectivity index (χ4n) is 3.27. The standard InChI is InChI=1S/C25H22N4O5/c1-15(30)26-18-6-8-19(9-7-18)27-23(31)14-34-25(32)17-5-12-21-22(13-17)29-24(28-21)16-3-10-20(33-2)11-4-16/h3-13H,14H2,1-2H3,(H,26,30)(H,27,31)(H,28,29). The summed E-state index contributed by atoms with van der Waals surface area (Å²) in [4.78, 5) is 43.4. The van der Waals surface area contributed by atoms with Gasteiger partial charge in [-0.2, -0.15) is 0 Å². The van der Waals surface area contributed by atoms with Crippen molar-refractivity contribution in [3.05, 3.63) is 72.3 Å². The Balaban J connectivity index is 1.36. The van der Waals surface area contributed by atoms with Crippen molar-refractivity contribution >= 4 is 40.2 Å². The van der Waals surface area contributed by atoms with Crippen LogP contribution in [0.2, 0.25) is 0 Å². The number of ether oxygens (including phenoxy) is 2. The van der Waals surface area contributed by atoms with E-state index in [4.69, 9.17) is 9.47 Å². The number of carbonyl (C=O) groups excluding carboxylic acids is 3. The first-order valence-corrected chi connectivity index (χ1v) is 10.4. The third-order valence-corrected chi connectivity index (χ3v) is 4.90. The lowest BCUT2D eigenvalue weighted by Crippen LogP contribution is -2.21. The molecule has 0 saturated heterocycles. The molecule has 34 heavy (non-hydrogen) atoms. The van der Waals surface area contributed by atoms with Gasteiger partial charge >= 0.3 is 5.97 Å². The number of methoxy groups -OCH3 is 1. The number of fused-ring (bicyclic) bond motifs is 1. The maximum atomic E-state index is 12.4. The number of amides is 2. The summed E-state index contributed by atoms with van der Waals surface area (Å²) in [6.07, 6.45) is 0. The zero-order valence-electron chi connectivity index (χ0n) is 18.5. The SMILES string of the molecule is COc1ccc(-c2nc3ccc(C(=O)OCC(=O)Nc4ccc(NC(C)=O)cc4)cc3[nH]2)cc1. The number of hydrogen-bond donors (Lipinski definition) is 3. The van der Waals surface area contributed by atoms with E-state index >= 15 is 0 Å². The minimum atomic E-state index is -0.626. The van der Waals surface area contributed by atoms with Crippen LogP contribution in [0.4, 0.5) is 11.4 Å². The summed E-state index contributed by atoms with van der Waals surface area (Å²) in [7, 11) is 1.60. The summed E-state index contributed by atoms with van der Waals surface area (Å²) in [5.41, 5.74) is 3.67. The van der Waals surface area contributed by atoms with Crippen LogP contribution in [-0.4, -0.2) is 41.5 Å². The molecular formula is C25H22N4O5. The first kappa shape index (κ1) is 22.5. The molecule has 0 atom stereocenters. The highest BCUT2D eigenvalue weighted by Gasteiger charge is 2.13. The number of esters is 1. The summed E-state index contributed by atoms with van der Waals surface area (Å²) in [5, 5.41) is 5.27. The lowest BCUT2D eigenvalue weighted by atomic mass is 10.2. The summed E-state index contributed by atoms with van der Waals surface area (Å²) < 4.78 is 10.3. The monoisotopic (exact) mass is 458 g/mol. The summed E-state index contributed by atoms with van der Waals surface area (Å²) in [5.74, 6) is 0.112. The van der Waals surface area contributed by atoms with Crippen molar-refractivity contribution in [2.45, 2.75) is 6.92 Å². The molecule has 2 amide bonds. The summed E-state index contributed by atoms with van der Waals surface area (Å²) in [6.45, 7) is 0.971. The van der Waals surface area contributed by atoms with Gasteiger partial charge in [-0.1, -0.05) is 0 Å². The van der Waals surface area contributed by atoms with Gasteiger partial charge in [0.25, 0.3) is 5.91 Å². The second kappa shape index (κ2) is 9.86. The highest BCUT2D eigenvalue weighted by Crippen LogP contribution is 2.23. The Morgan fingerprint density at radius 1 is 0.912 bits per heavy atom. The van der Waals surface area contributed by atoms with E-state index < -0.39 is 18.5 Å². The number of hydrogen-bond acceptors (Lipinski definition) is 6. The van der Waals surface area contributed by atoms with Crippen LogP contribution >= 0.6 is 0 Å². The number of aromatic amines is 1. The molecule has 0 saturated carbocycles. The lowest BCUT2D eigenvalue weighted by Gasteiger charge is -2.08. The molecule has 0 bridgehead atoms. The molecule has 1 aromatic heterocycles. The molecular weight excluding hydrogens is 436 g/mol. The van der Waals surface area contributed by atoms with Crippen LogP contribution in [0, 0.1) is 0 Å². The third kappa shape index (κ3) is 5.39. The first-order chi connectivity index (χ1) is 16.4. The van der Waals surface area contributed by atoms with Gasteiger partial charge in [-0.05, 0) is 66.7 Å². The van der Waals surface area contributed by atoms with Crippen LogP contribution in [0.1, 0.15) is 17.3 Å². The fourth-order valence-corrected chi connectivity index (χ4v) is 3.27. The molecule has 9 heteroatoms. The maximum absolute atomic E-state index is 12.4. The van der Waals surface area contributed by atoms with Gasteiger partial charge in [-0.15, -0.1) is 0 Å². The van der Waals surface area contributed by atoms with Gasteiger partial charge < -0.3 is 25.1 Å². The van der Waals surface area contributed by atoms with Crippen molar-refractivity contribution in [3.63, 3.8) is 0 Å². The number of benzene rings is 3. The smallest absolute Gasteiger partial charge is 0.338 e. The fraction of sp³-hybridized carbons (Fsp3) is 0.120. The molecule has 0 radical (unpaired) electrons. The molecule has 0 aliphatic heterocycles. The molecule has 1 heterocycles. The maximum Gasteiger partial charge on any atom is 0.338 e. The van der Waals surface area contributed by atoms with Gasteiger partial charge in [0.15, 0.2) is 6.61 Å². The Bertz CT molecular complexity index is 1340. The third-order valence-electron chi connectivity index (χ3n) is 4.90. The van der Waals surface area contributed by atoms with Crippen molar-refractivity contribution in [2.24, 2.45) is 0 Å². The largest absolute Gasteiger partial charge is 0.497 e. The van der Waals surface area contributed by atoms with Crippen molar-refractivity contribution in [1.82, 2.24) is 9.97 Å². The highest BCUT2D eigenvalue weighted by atomic mass is 16.5. The van der Waals surface area contributed by atoms with E-state index in [2.05, 4.69) is 20.6 Å². The lowest BCUT2D eigenvalue weighted by molar-refractivity contribution is -0.119. The van der Waals surface area contributed by atoms with Crippen LogP contribution in [0.15, 0.2) is 66.7 Å². The normalized spacial score (nSPS) is 10.5. The average molecular weight is 458 g/mol. The molecule has 3 N–H and O–H groups in total. The van der Waals surface area contributed by atoms with Gasteiger partial charge in [-0.3, -0.25) is 9.59 Å². The zero-order valence-corrected chi connectivity index (χ0v) is 18.5. The predicted molar refractivity (Wildman–Crippen MR) is 128 cm³/mol. The number of imidazole rings is 1. The zero-order chi connectivity index (χ0) is 24.1. The number of anilines is 2. The summed E-state index contributed by atoms with van der Waals surface area (Å²) in [6, 6.07) is 19.0. The Hall–Kier alpha value is -4.66. The van der Waals surface area contributed by atoms with Crippen LogP contribution in [0.3, 0.4) is 0 Å². The minimum absolute atomic E-state index is 0.186. The Morgan fingerprint density at radius 3 is 2.24 bits per heavy atom. The van der Waals surface area contributed by atoms with Gasteiger partial charge in [0.1, 0.15) is 11.6 Å². The molecule has 0 unspecified atom stereocenters. The topological polar surface area (TPSA) is 122 Å². The van der Waals surface area contributed by atoms with Crippen LogP contribution in [0.5, 0.6) is 5.75 Å². The van der Waals surface area contributed by atoms with Crippen molar-refractivity contribution in [1.29, 1.82) is 0 Å². The molecule has 0 aliphatic carbocycles. The minimum Gasteiger partial charge on any atom is -0.497 e. The van der Waals surface area contributed by atoms with Gasteiger partial charge in [-0.25, -0.2) is 9.78 Å². The Labute approximate surface area is 195 Å². The van der Waals surface area contributed by atoms with Crippen LogP contribution in [0.25, 0.3) is 22.4 Å². The second-order valence-electron chi connectivity index (χ2n) is 7.43. The molecule has 0 spiro atoms. The number of carbonyl (C=O) groups is 3. The number of nitrogens with one attached hydrogen (secondary N) is 3.